The Kier molecular flexibility index (Phi) is 5.25. The van der Waals surface area contributed by atoms with Gasteiger partial charge in [-0.05, 0) is 43.5 Å². The summed E-state index contributed by atoms with van der Waals surface area (Å²) >= 11 is 1.57. The van der Waals surface area contributed by atoms with Crippen molar-refractivity contribution in [2.75, 3.05) is 6.61 Å². The summed E-state index contributed by atoms with van der Waals surface area (Å²) in [6.07, 6.45) is 0. The molecule has 2 heterocycles. The van der Waals surface area contributed by atoms with Crippen molar-refractivity contribution in [3.8, 4) is 17.0 Å². The highest BCUT2D eigenvalue weighted by Gasteiger charge is 2.11. The number of nitrogens with one attached hydrogen (secondary N) is 2. The van der Waals surface area contributed by atoms with Gasteiger partial charge in [-0.15, -0.1) is 11.3 Å². The van der Waals surface area contributed by atoms with Gasteiger partial charge in [0, 0.05) is 10.4 Å². The van der Waals surface area contributed by atoms with Crippen LogP contribution in [0.25, 0.3) is 11.3 Å². The molecule has 1 amide bonds. The molecular formula is C18H18N4O2S. The summed E-state index contributed by atoms with van der Waals surface area (Å²) in [5.74, 6) is 0.431. The number of aromatic nitrogens is 2. The highest BCUT2D eigenvalue weighted by molar-refractivity contribution is 7.12. The van der Waals surface area contributed by atoms with Crippen LogP contribution in [-0.2, 0) is 0 Å². The first-order valence-corrected chi connectivity index (χ1v) is 8.72. The average Bonchev–Trinajstić information content (AvgIpc) is 3.31. The third kappa shape index (κ3) is 4.13. The first-order valence-electron chi connectivity index (χ1n) is 7.84. The minimum absolute atomic E-state index is 0.337. The minimum Gasteiger partial charge on any atom is -0.494 e. The van der Waals surface area contributed by atoms with Gasteiger partial charge in [0.25, 0.3) is 5.91 Å². The molecule has 0 aliphatic heterocycles. The molecule has 25 heavy (non-hydrogen) atoms. The first kappa shape index (κ1) is 16.9. The van der Waals surface area contributed by atoms with Crippen molar-refractivity contribution in [1.82, 2.24) is 15.6 Å². The predicted octanol–water partition coefficient (Wildman–Crippen LogP) is 3.69. The molecule has 2 aromatic heterocycles. The fourth-order valence-electron chi connectivity index (χ4n) is 2.23. The van der Waals surface area contributed by atoms with E-state index in [1.54, 1.807) is 17.4 Å². The number of hydrogen-bond acceptors (Lipinski definition) is 5. The second-order valence-corrected chi connectivity index (χ2v) is 6.19. The van der Waals surface area contributed by atoms with Crippen LogP contribution in [0.2, 0.25) is 0 Å². The molecule has 0 aliphatic rings. The molecule has 128 valence electrons. The van der Waals surface area contributed by atoms with E-state index in [2.05, 4.69) is 20.7 Å². The normalized spacial score (nSPS) is 11.4. The Morgan fingerprint density at radius 2 is 2.20 bits per heavy atom. The Hall–Kier alpha value is -2.93. The number of carbonyl (C=O) groups is 1. The Bertz CT molecular complexity index is 884. The zero-order valence-corrected chi connectivity index (χ0v) is 14.8. The van der Waals surface area contributed by atoms with Crippen LogP contribution >= 0.6 is 11.3 Å². The molecule has 7 heteroatoms. The number of thiophene rings is 1. The minimum atomic E-state index is -0.337. The lowest BCUT2D eigenvalue weighted by Gasteiger charge is -2.03. The number of hydrogen-bond donors (Lipinski definition) is 2. The molecule has 0 bridgehead atoms. The molecular weight excluding hydrogens is 336 g/mol. The van der Waals surface area contributed by atoms with E-state index < -0.39 is 0 Å². The van der Waals surface area contributed by atoms with Gasteiger partial charge < -0.3 is 4.74 Å². The van der Waals surface area contributed by atoms with Gasteiger partial charge in [0.1, 0.15) is 11.4 Å². The lowest BCUT2D eigenvalue weighted by atomic mass is 10.1. The number of aromatic amines is 1. The maximum atomic E-state index is 12.2. The highest BCUT2D eigenvalue weighted by atomic mass is 32.1. The molecule has 0 radical (unpaired) electrons. The summed E-state index contributed by atoms with van der Waals surface area (Å²) < 4.78 is 5.49. The summed E-state index contributed by atoms with van der Waals surface area (Å²) in [4.78, 5) is 13.2. The van der Waals surface area contributed by atoms with E-state index in [0.717, 1.165) is 21.9 Å². The monoisotopic (exact) mass is 354 g/mol. The summed E-state index contributed by atoms with van der Waals surface area (Å²) in [6, 6.07) is 13.2. The standard InChI is InChI=1S/C18H18N4O2S/c1-3-24-14-7-4-6-13(10-14)15-11-16(21-20-15)18(23)22-19-12(2)17-8-5-9-25-17/h4-11H,3H2,1-2H3,(H,20,21)(H,22,23)/b19-12-. The van der Waals surface area contributed by atoms with Gasteiger partial charge in [-0.3, -0.25) is 9.89 Å². The number of benzene rings is 1. The van der Waals surface area contributed by atoms with Crippen LogP contribution in [0.5, 0.6) is 5.75 Å². The van der Waals surface area contributed by atoms with Crippen molar-refractivity contribution < 1.29 is 9.53 Å². The molecule has 0 saturated carbocycles. The number of H-pyrrole nitrogens is 1. The third-order valence-electron chi connectivity index (χ3n) is 3.47. The molecule has 3 rings (SSSR count). The van der Waals surface area contributed by atoms with E-state index in [0.29, 0.717) is 18.0 Å². The van der Waals surface area contributed by atoms with Crippen molar-refractivity contribution in [1.29, 1.82) is 0 Å². The number of rotatable bonds is 6. The summed E-state index contributed by atoms with van der Waals surface area (Å²) in [6.45, 7) is 4.38. The van der Waals surface area contributed by atoms with Crippen LogP contribution in [0.1, 0.15) is 29.2 Å². The summed E-state index contributed by atoms with van der Waals surface area (Å²) in [7, 11) is 0. The van der Waals surface area contributed by atoms with Crippen LogP contribution < -0.4 is 10.2 Å². The number of amides is 1. The molecule has 6 nitrogen and oxygen atoms in total. The van der Waals surface area contributed by atoms with Gasteiger partial charge in [-0.1, -0.05) is 18.2 Å². The average molecular weight is 354 g/mol. The largest absolute Gasteiger partial charge is 0.494 e. The van der Waals surface area contributed by atoms with E-state index in [1.807, 2.05) is 55.6 Å². The van der Waals surface area contributed by atoms with Crippen LogP contribution in [-0.4, -0.2) is 28.4 Å². The van der Waals surface area contributed by atoms with Crippen molar-refractivity contribution in [2.24, 2.45) is 5.10 Å². The van der Waals surface area contributed by atoms with Gasteiger partial charge in [0.05, 0.1) is 18.0 Å². The van der Waals surface area contributed by atoms with Crippen LogP contribution in [0, 0.1) is 0 Å². The number of carbonyl (C=O) groups excluding carboxylic acids is 1. The van der Waals surface area contributed by atoms with Crippen LogP contribution in [0.3, 0.4) is 0 Å². The molecule has 3 aromatic rings. The smallest absolute Gasteiger partial charge is 0.289 e. The SMILES string of the molecule is CCOc1cccc(-c2cc(C(=O)N/N=C(/C)c3cccs3)[nH]n2)c1. The Morgan fingerprint density at radius 3 is 2.96 bits per heavy atom. The van der Waals surface area contributed by atoms with E-state index in [9.17, 15) is 4.79 Å². The molecule has 0 atom stereocenters. The molecule has 0 unspecified atom stereocenters. The lowest BCUT2D eigenvalue weighted by molar-refractivity contribution is 0.0950. The Labute approximate surface area is 149 Å². The number of nitrogens with zero attached hydrogens (tertiary/aromatic N) is 2. The Balaban J connectivity index is 1.71. The first-order chi connectivity index (χ1) is 12.2. The maximum Gasteiger partial charge on any atom is 0.289 e. The zero-order chi connectivity index (χ0) is 17.6. The molecule has 0 fully saturated rings. The molecule has 0 aliphatic carbocycles. The quantitative estimate of drug-likeness (QED) is 0.523. The van der Waals surface area contributed by atoms with Gasteiger partial charge >= 0.3 is 0 Å². The molecule has 0 spiro atoms. The van der Waals surface area contributed by atoms with E-state index in [1.165, 1.54) is 0 Å². The molecule has 1 aromatic carbocycles. The topological polar surface area (TPSA) is 79.4 Å². The summed E-state index contributed by atoms with van der Waals surface area (Å²) in [5, 5.41) is 13.0. The van der Waals surface area contributed by atoms with Crippen molar-refractivity contribution >= 4 is 23.0 Å². The van der Waals surface area contributed by atoms with E-state index in [4.69, 9.17) is 4.74 Å². The Morgan fingerprint density at radius 1 is 1.32 bits per heavy atom. The van der Waals surface area contributed by atoms with Gasteiger partial charge in [0.2, 0.25) is 0 Å². The van der Waals surface area contributed by atoms with Crippen molar-refractivity contribution in [2.45, 2.75) is 13.8 Å². The lowest BCUT2D eigenvalue weighted by Crippen LogP contribution is -2.19. The van der Waals surface area contributed by atoms with Gasteiger partial charge in [0.15, 0.2) is 0 Å². The molecule has 2 N–H and O–H groups in total. The van der Waals surface area contributed by atoms with Crippen molar-refractivity contribution in [3.05, 3.63) is 58.4 Å². The fraction of sp³-hybridized carbons (Fsp3) is 0.167. The van der Waals surface area contributed by atoms with Crippen LogP contribution in [0.15, 0.2) is 52.9 Å². The third-order valence-corrected chi connectivity index (χ3v) is 4.44. The number of ether oxygens (including phenoxy) is 1. The second kappa shape index (κ2) is 7.76. The van der Waals surface area contributed by atoms with E-state index >= 15 is 0 Å². The predicted molar refractivity (Wildman–Crippen MR) is 99.2 cm³/mol. The molecule has 0 saturated heterocycles. The van der Waals surface area contributed by atoms with Crippen molar-refractivity contribution in [3.63, 3.8) is 0 Å². The number of hydrazone groups is 1. The maximum absolute atomic E-state index is 12.2. The van der Waals surface area contributed by atoms with E-state index in [-0.39, 0.29) is 5.91 Å². The second-order valence-electron chi connectivity index (χ2n) is 5.24. The van der Waals surface area contributed by atoms with Crippen LogP contribution in [0.4, 0.5) is 0 Å². The van der Waals surface area contributed by atoms with Gasteiger partial charge in [-0.25, -0.2) is 5.43 Å². The highest BCUT2D eigenvalue weighted by Crippen LogP contribution is 2.22. The fourth-order valence-corrected chi connectivity index (χ4v) is 2.91. The summed E-state index contributed by atoms with van der Waals surface area (Å²) in [5.41, 5.74) is 5.19. The zero-order valence-electron chi connectivity index (χ0n) is 13.9. The van der Waals surface area contributed by atoms with Gasteiger partial charge in [-0.2, -0.15) is 10.2 Å².